The highest BCUT2D eigenvalue weighted by Gasteiger charge is 2.20. The van der Waals surface area contributed by atoms with Gasteiger partial charge in [0, 0.05) is 12.6 Å². The van der Waals surface area contributed by atoms with E-state index in [0.29, 0.717) is 17.0 Å². The van der Waals surface area contributed by atoms with Crippen molar-refractivity contribution in [1.82, 2.24) is 19.7 Å². The molecule has 0 bridgehead atoms. The van der Waals surface area contributed by atoms with Gasteiger partial charge in [0.05, 0.1) is 6.20 Å². The summed E-state index contributed by atoms with van der Waals surface area (Å²) in [6.07, 6.45) is 2.35. The van der Waals surface area contributed by atoms with E-state index in [1.807, 2.05) is 0 Å². The van der Waals surface area contributed by atoms with Gasteiger partial charge in [0.1, 0.15) is 5.39 Å². The van der Waals surface area contributed by atoms with Crippen molar-refractivity contribution in [2.24, 2.45) is 7.05 Å². The lowest BCUT2D eigenvalue weighted by Gasteiger charge is -2.26. The van der Waals surface area contributed by atoms with Crippen LogP contribution in [0.15, 0.2) is 35.3 Å². The van der Waals surface area contributed by atoms with E-state index in [9.17, 15) is 4.79 Å². The number of rotatable bonds is 4. The van der Waals surface area contributed by atoms with Crippen molar-refractivity contribution in [3.8, 4) is 0 Å². The number of fused-ring (bicyclic) bond motifs is 1. The Labute approximate surface area is 134 Å². The fourth-order valence-corrected chi connectivity index (χ4v) is 2.67. The molecule has 0 aliphatic carbocycles. The molecule has 0 aliphatic rings. The second kappa shape index (κ2) is 5.53. The molecule has 23 heavy (non-hydrogen) atoms. The summed E-state index contributed by atoms with van der Waals surface area (Å²) in [7, 11) is 1.77. The van der Waals surface area contributed by atoms with Crippen molar-refractivity contribution >= 4 is 17.0 Å². The van der Waals surface area contributed by atoms with E-state index in [-0.39, 0.29) is 11.1 Å². The van der Waals surface area contributed by atoms with E-state index < -0.39 is 0 Å². The zero-order valence-electron chi connectivity index (χ0n) is 13.8. The summed E-state index contributed by atoms with van der Waals surface area (Å²) in [4.78, 5) is 19.4. The number of hydrogen-bond donors (Lipinski definition) is 2. The Hall–Kier alpha value is -2.63. The van der Waals surface area contributed by atoms with Gasteiger partial charge in [-0.2, -0.15) is 10.1 Å². The highest BCUT2D eigenvalue weighted by Crippen LogP contribution is 2.18. The van der Waals surface area contributed by atoms with Gasteiger partial charge >= 0.3 is 0 Å². The number of H-pyrrole nitrogens is 1. The number of nitrogens with one attached hydrogen (secondary N) is 2. The molecule has 0 radical (unpaired) electrons. The van der Waals surface area contributed by atoms with Crippen molar-refractivity contribution < 1.29 is 0 Å². The predicted octanol–water partition coefficient (Wildman–Crippen LogP) is 2.40. The molecule has 6 heteroatoms. The molecular formula is C17H21N5O. The maximum absolute atomic E-state index is 12.1. The van der Waals surface area contributed by atoms with Gasteiger partial charge in [0.15, 0.2) is 5.65 Å². The van der Waals surface area contributed by atoms with E-state index in [0.717, 1.165) is 6.42 Å². The van der Waals surface area contributed by atoms with Crippen molar-refractivity contribution in [2.75, 3.05) is 5.32 Å². The topological polar surface area (TPSA) is 75.6 Å². The number of aromatic nitrogens is 4. The quantitative estimate of drug-likeness (QED) is 0.776. The largest absolute Gasteiger partial charge is 0.350 e. The highest BCUT2D eigenvalue weighted by molar-refractivity contribution is 5.74. The maximum Gasteiger partial charge on any atom is 0.263 e. The van der Waals surface area contributed by atoms with E-state index in [1.165, 1.54) is 17.3 Å². The first-order chi connectivity index (χ1) is 10.8. The molecular weight excluding hydrogens is 290 g/mol. The van der Waals surface area contributed by atoms with Crippen molar-refractivity contribution in [3.05, 3.63) is 51.9 Å². The van der Waals surface area contributed by atoms with Crippen LogP contribution < -0.4 is 10.9 Å². The Morgan fingerprint density at radius 3 is 2.65 bits per heavy atom. The molecule has 3 aromatic rings. The van der Waals surface area contributed by atoms with Crippen molar-refractivity contribution in [3.63, 3.8) is 0 Å². The fraction of sp³-hybridized carbons (Fsp3) is 0.353. The summed E-state index contributed by atoms with van der Waals surface area (Å²) in [6, 6.07) is 8.46. The zero-order valence-corrected chi connectivity index (χ0v) is 13.8. The van der Waals surface area contributed by atoms with Gasteiger partial charge in [-0.15, -0.1) is 0 Å². The molecule has 2 heterocycles. The number of nitrogens with zero attached hydrogens (tertiary/aromatic N) is 3. The number of hydrogen-bond acceptors (Lipinski definition) is 4. The third-order valence-electron chi connectivity index (χ3n) is 3.83. The van der Waals surface area contributed by atoms with Crippen LogP contribution in [0.5, 0.6) is 0 Å². The van der Waals surface area contributed by atoms with Gasteiger partial charge in [-0.25, -0.2) is 0 Å². The first-order valence-corrected chi connectivity index (χ1v) is 7.60. The molecule has 0 atom stereocenters. The van der Waals surface area contributed by atoms with Crippen LogP contribution in [0.2, 0.25) is 0 Å². The lowest BCUT2D eigenvalue weighted by atomic mass is 9.94. The van der Waals surface area contributed by atoms with Crippen LogP contribution in [-0.4, -0.2) is 25.3 Å². The lowest BCUT2D eigenvalue weighted by Crippen LogP contribution is -2.35. The molecule has 1 aromatic carbocycles. The Kier molecular flexibility index (Phi) is 3.67. The van der Waals surface area contributed by atoms with Crippen molar-refractivity contribution in [2.45, 2.75) is 32.7 Å². The normalized spacial score (nSPS) is 11.8. The Bertz CT molecular complexity index is 889. The van der Waals surface area contributed by atoms with Crippen LogP contribution in [0.1, 0.15) is 25.0 Å². The van der Waals surface area contributed by atoms with Crippen LogP contribution in [-0.2, 0) is 13.5 Å². The van der Waals surface area contributed by atoms with E-state index >= 15 is 0 Å². The van der Waals surface area contributed by atoms with Gasteiger partial charge in [-0.3, -0.25) is 14.5 Å². The number of aryl methyl sites for hydroxylation is 2. The van der Waals surface area contributed by atoms with E-state index in [2.05, 4.69) is 65.4 Å². The summed E-state index contributed by atoms with van der Waals surface area (Å²) >= 11 is 0. The Balaban J connectivity index is 1.86. The minimum Gasteiger partial charge on any atom is -0.350 e. The average Bonchev–Trinajstić information content (AvgIpc) is 2.83. The molecule has 0 saturated carbocycles. The zero-order chi connectivity index (χ0) is 16.6. The first-order valence-electron chi connectivity index (χ1n) is 7.60. The van der Waals surface area contributed by atoms with Crippen LogP contribution in [0.25, 0.3) is 11.0 Å². The van der Waals surface area contributed by atoms with Crippen molar-refractivity contribution in [1.29, 1.82) is 0 Å². The molecule has 120 valence electrons. The minimum atomic E-state index is -0.253. The second-order valence-electron chi connectivity index (χ2n) is 6.59. The molecule has 0 amide bonds. The lowest BCUT2D eigenvalue weighted by molar-refractivity contribution is 0.558. The summed E-state index contributed by atoms with van der Waals surface area (Å²) in [5.74, 6) is 0.461. The molecule has 6 nitrogen and oxygen atoms in total. The summed E-state index contributed by atoms with van der Waals surface area (Å²) in [5, 5.41) is 7.89. The van der Waals surface area contributed by atoms with E-state index in [1.54, 1.807) is 11.7 Å². The molecule has 2 aromatic heterocycles. The highest BCUT2D eigenvalue weighted by atomic mass is 16.1. The SMILES string of the molecule is Cc1ccc(CC(C)(C)Nc2nc3c(cnn3C)c(=O)[nH]2)cc1. The molecule has 2 N–H and O–H groups in total. The average molecular weight is 311 g/mol. The Morgan fingerprint density at radius 2 is 1.96 bits per heavy atom. The second-order valence-corrected chi connectivity index (χ2v) is 6.59. The number of anilines is 1. The molecule has 0 spiro atoms. The smallest absolute Gasteiger partial charge is 0.263 e. The van der Waals surface area contributed by atoms with Gasteiger partial charge < -0.3 is 5.32 Å². The number of benzene rings is 1. The minimum absolute atomic E-state index is 0.184. The predicted molar refractivity (Wildman–Crippen MR) is 91.7 cm³/mol. The summed E-state index contributed by atoms with van der Waals surface area (Å²) in [5.41, 5.74) is 2.61. The van der Waals surface area contributed by atoms with Crippen LogP contribution in [0.4, 0.5) is 5.95 Å². The van der Waals surface area contributed by atoms with Gasteiger partial charge in [0.25, 0.3) is 5.56 Å². The molecule has 0 saturated heterocycles. The van der Waals surface area contributed by atoms with Crippen LogP contribution >= 0.6 is 0 Å². The summed E-state index contributed by atoms with van der Waals surface area (Å²) < 4.78 is 1.60. The van der Waals surface area contributed by atoms with Crippen LogP contribution in [0, 0.1) is 6.92 Å². The number of aromatic amines is 1. The third kappa shape index (κ3) is 3.26. The molecule has 0 unspecified atom stereocenters. The third-order valence-corrected chi connectivity index (χ3v) is 3.83. The maximum atomic E-state index is 12.1. The van der Waals surface area contributed by atoms with Gasteiger partial charge in [0.2, 0.25) is 5.95 Å². The van der Waals surface area contributed by atoms with Gasteiger partial charge in [-0.1, -0.05) is 29.8 Å². The fourth-order valence-electron chi connectivity index (χ4n) is 2.67. The first kappa shape index (κ1) is 15.3. The molecule has 3 rings (SSSR count). The van der Waals surface area contributed by atoms with Gasteiger partial charge in [-0.05, 0) is 32.8 Å². The van der Waals surface area contributed by atoms with E-state index in [4.69, 9.17) is 0 Å². The standard InChI is InChI=1S/C17H21N5O/c1-11-5-7-12(8-6-11)9-17(2,3)21-16-19-14-13(15(23)20-16)10-18-22(14)4/h5-8,10H,9H2,1-4H3,(H2,19,20,21,23). The Morgan fingerprint density at radius 1 is 1.26 bits per heavy atom. The monoisotopic (exact) mass is 311 g/mol. The summed E-state index contributed by atoms with van der Waals surface area (Å²) in [6.45, 7) is 6.24. The molecule has 0 aliphatic heterocycles. The van der Waals surface area contributed by atoms with Crippen LogP contribution in [0.3, 0.4) is 0 Å². The molecule has 0 fully saturated rings.